The second-order valence-electron chi connectivity index (χ2n) is 5.69. The first-order valence-corrected chi connectivity index (χ1v) is 7.38. The molecule has 0 spiro atoms. The molecule has 114 valence electrons. The van der Waals surface area contributed by atoms with Crippen molar-refractivity contribution in [1.29, 1.82) is 0 Å². The number of methoxy groups -OCH3 is 1. The molecule has 0 radical (unpaired) electrons. The largest absolute Gasteiger partial charge is 0.390 e. The van der Waals surface area contributed by atoms with Crippen LogP contribution in [-0.4, -0.2) is 46.9 Å². The predicted octanol–water partition coefficient (Wildman–Crippen LogP) is 1.67. The van der Waals surface area contributed by atoms with Crippen molar-refractivity contribution < 1.29 is 14.6 Å². The number of hydrogen-bond acceptors (Lipinski definition) is 4. The lowest BCUT2D eigenvalue weighted by Crippen LogP contribution is -2.49. The average Bonchev–Trinajstić information content (AvgIpc) is 2.85. The summed E-state index contributed by atoms with van der Waals surface area (Å²) in [4.78, 5) is 0. The molecule has 1 aromatic carbocycles. The molecule has 1 saturated heterocycles. The zero-order chi connectivity index (χ0) is 14.9. The maximum atomic E-state index is 10.7. The van der Waals surface area contributed by atoms with Crippen molar-refractivity contribution in [2.24, 2.45) is 7.05 Å². The van der Waals surface area contributed by atoms with Crippen molar-refractivity contribution in [3.63, 3.8) is 0 Å². The van der Waals surface area contributed by atoms with Gasteiger partial charge in [0.1, 0.15) is 0 Å². The summed E-state index contributed by atoms with van der Waals surface area (Å²) in [6.45, 7) is 1.27. The summed E-state index contributed by atoms with van der Waals surface area (Å²) in [5, 5.41) is 16.4. The second kappa shape index (κ2) is 5.75. The Bertz CT molecular complexity index is 617. The number of aryl methyl sites for hydroxylation is 1. The van der Waals surface area contributed by atoms with Crippen molar-refractivity contribution in [3.8, 4) is 0 Å². The molecule has 1 fully saturated rings. The first-order chi connectivity index (χ1) is 10.2. The Morgan fingerprint density at radius 3 is 2.81 bits per heavy atom. The number of nitrogens with zero attached hydrogens (tertiary/aromatic N) is 2. The summed E-state index contributed by atoms with van der Waals surface area (Å²) in [5.41, 5.74) is 1.48. The van der Waals surface area contributed by atoms with E-state index in [1.54, 1.807) is 7.11 Å². The van der Waals surface area contributed by atoms with Crippen LogP contribution in [0, 0.1) is 0 Å². The Morgan fingerprint density at radius 1 is 1.38 bits per heavy atom. The summed E-state index contributed by atoms with van der Waals surface area (Å²) >= 11 is 0. The van der Waals surface area contributed by atoms with Crippen LogP contribution in [0.1, 0.15) is 18.5 Å². The van der Waals surface area contributed by atoms with Crippen LogP contribution in [0.2, 0.25) is 0 Å². The van der Waals surface area contributed by atoms with Crippen molar-refractivity contribution in [3.05, 3.63) is 30.0 Å². The standard InChI is InChI=1S/C16H22N2O3/c1-18-14-6-4-3-5-12(14)13(17-18)11-15(19)16(20-2)7-9-21-10-8-16/h3-6,15,19H,7-11H2,1-2H3. The van der Waals surface area contributed by atoms with Crippen LogP contribution >= 0.6 is 0 Å². The Hall–Kier alpha value is -1.43. The highest BCUT2D eigenvalue weighted by molar-refractivity contribution is 5.81. The number of para-hydroxylation sites is 1. The summed E-state index contributed by atoms with van der Waals surface area (Å²) < 4.78 is 12.9. The first-order valence-electron chi connectivity index (χ1n) is 7.38. The lowest BCUT2D eigenvalue weighted by atomic mass is 9.85. The highest BCUT2D eigenvalue weighted by atomic mass is 16.5. The Kier molecular flexibility index (Phi) is 3.97. The molecule has 1 aliphatic heterocycles. The molecular weight excluding hydrogens is 268 g/mol. The highest BCUT2D eigenvalue weighted by Gasteiger charge is 2.40. The van der Waals surface area contributed by atoms with E-state index in [0.29, 0.717) is 19.6 Å². The smallest absolute Gasteiger partial charge is 0.0984 e. The molecule has 3 rings (SSSR count). The van der Waals surface area contributed by atoms with Crippen molar-refractivity contribution in [2.45, 2.75) is 31.0 Å². The number of aliphatic hydroxyl groups excluding tert-OH is 1. The van der Waals surface area contributed by atoms with Gasteiger partial charge in [-0.2, -0.15) is 5.10 Å². The van der Waals surface area contributed by atoms with Gasteiger partial charge in [-0.3, -0.25) is 4.68 Å². The minimum Gasteiger partial charge on any atom is -0.390 e. The van der Waals surface area contributed by atoms with Crippen molar-refractivity contribution >= 4 is 10.9 Å². The van der Waals surface area contributed by atoms with Gasteiger partial charge in [-0.05, 0) is 6.07 Å². The third kappa shape index (κ3) is 2.57. The number of fused-ring (bicyclic) bond motifs is 1. The van der Waals surface area contributed by atoms with Gasteiger partial charge in [-0.15, -0.1) is 0 Å². The number of ether oxygens (including phenoxy) is 2. The number of aromatic nitrogens is 2. The van der Waals surface area contributed by atoms with Gasteiger partial charge in [0.05, 0.1) is 22.9 Å². The molecule has 1 unspecified atom stereocenters. The average molecular weight is 290 g/mol. The van der Waals surface area contributed by atoms with Gasteiger partial charge in [0.2, 0.25) is 0 Å². The van der Waals surface area contributed by atoms with Crippen LogP contribution in [0.25, 0.3) is 10.9 Å². The molecule has 1 aliphatic rings. The molecule has 1 aromatic heterocycles. The lowest BCUT2D eigenvalue weighted by molar-refractivity contribution is -0.151. The van der Waals surface area contributed by atoms with Gasteiger partial charge >= 0.3 is 0 Å². The van der Waals surface area contributed by atoms with E-state index in [1.165, 1.54) is 0 Å². The fourth-order valence-electron chi connectivity index (χ4n) is 3.20. The van der Waals surface area contributed by atoms with Crippen LogP contribution in [-0.2, 0) is 22.9 Å². The van der Waals surface area contributed by atoms with Gasteiger partial charge in [0.25, 0.3) is 0 Å². The van der Waals surface area contributed by atoms with Crippen molar-refractivity contribution in [1.82, 2.24) is 9.78 Å². The maximum absolute atomic E-state index is 10.7. The highest BCUT2D eigenvalue weighted by Crippen LogP contribution is 2.31. The third-order valence-electron chi connectivity index (χ3n) is 4.57. The molecule has 21 heavy (non-hydrogen) atoms. The van der Waals surface area contributed by atoms with Crippen LogP contribution in [0.5, 0.6) is 0 Å². The molecular formula is C16H22N2O3. The van der Waals surface area contributed by atoms with Gasteiger partial charge in [-0.25, -0.2) is 0 Å². The van der Waals surface area contributed by atoms with Gasteiger partial charge < -0.3 is 14.6 Å². The van der Waals surface area contributed by atoms with E-state index >= 15 is 0 Å². The van der Waals surface area contributed by atoms with E-state index in [4.69, 9.17) is 9.47 Å². The van der Waals surface area contributed by atoms with E-state index in [9.17, 15) is 5.11 Å². The maximum Gasteiger partial charge on any atom is 0.0984 e. The lowest BCUT2D eigenvalue weighted by Gasteiger charge is -2.39. The van der Waals surface area contributed by atoms with Crippen LogP contribution in [0.3, 0.4) is 0 Å². The predicted molar refractivity (Wildman–Crippen MR) is 80.2 cm³/mol. The molecule has 0 aliphatic carbocycles. The zero-order valence-electron chi connectivity index (χ0n) is 12.6. The number of hydrogen-bond donors (Lipinski definition) is 1. The second-order valence-corrected chi connectivity index (χ2v) is 5.69. The molecule has 0 bridgehead atoms. The molecule has 1 atom stereocenters. The molecule has 0 saturated carbocycles. The summed E-state index contributed by atoms with van der Waals surface area (Å²) in [5.74, 6) is 0. The summed E-state index contributed by atoms with van der Waals surface area (Å²) in [6.07, 6.45) is 1.35. The molecule has 2 heterocycles. The van der Waals surface area contributed by atoms with E-state index in [1.807, 2.05) is 36.0 Å². The first kappa shape index (κ1) is 14.5. The SMILES string of the molecule is COC1(C(O)Cc2nn(C)c3ccccc23)CCOCC1. The van der Waals surface area contributed by atoms with E-state index in [0.717, 1.165) is 29.4 Å². The normalized spacial score (nSPS) is 19.8. The number of benzene rings is 1. The quantitative estimate of drug-likeness (QED) is 0.930. The van der Waals surface area contributed by atoms with Gasteiger partial charge in [0, 0.05) is 52.0 Å². The van der Waals surface area contributed by atoms with E-state index < -0.39 is 11.7 Å². The fourth-order valence-corrected chi connectivity index (χ4v) is 3.20. The minimum absolute atomic E-state index is 0.495. The molecule has 1 N–H and O–H groups in total. The van der Waals surface area contributed by atoms with Crippen LogP contribution < -0.4 is 0 Å². The van der Waals surface area contributed by atoms with Gasteiger partial charge in [0.15, 0.2) is 0 Å². The number of rotatable bonds is 4. The Balaban J connectivity index is 1.87. The molecule has 5 heteroatoms. The topological polar surface area (TPSA) is 56.5 Å². The van der Waals surface area contributed by atoms with Crippen LogP contribution in [0.4, 0.5) is 0 Å². The van der Waals surface area contributed by atoms with Crippen LogP contribution in [0.15, 0.2) is 24.3 Å². The fraction of sp³-hybridized carbons (Fsp3) is 0.562. The van der Waals surface area contributed by atoms with E-state index in [2.05, 4.69) is 5.10 Å². The zero-order valence-corrected chi connectivity index (χ0v) is 12.6. The molecule has 0 amide bonds. The Morgan fingerprint density at radius 2 is 2.10 bits per heavy atom. The summed E-state index contributed by atoms with van der Waals surface area (Å²) in [7, 11) is 3.60. The minimum atomic E-state index is -0.579. The number of aliphatic hydroxyl groups is 1. The molecule has 2 aromatic rings. The summed E-state index contributed by atoms with van der Waals surface area (Å²) in [6, 6.07) is 8.09. The van der Waals surface area contributed by atoms with Crippen molar-refractivity contribution in [2.75, 3.05) is 20.3 Å². The van der Waals surface area contributed by atoms with E-state index in [-0.39, 0.29) is 0 Å². The monoisotopic (exact) mass is 290 g/mol. The Labute approximate surface area is 124 Å². The van der Waals surface area contributed by atoms with Gasteiger partial charge in [-0.1, -0.05) is 18.2 Å². The third-order valence-corrected chi connectivity index (χ3v) is 4.57. The molecule has 5 nitrogen and oxygen atoms in total.